The number of hydrogen-bond donors (Lipinski definition) is 1. The standard InChI is InChI=1S/C15H8ClFN2O3S/c16-10-5-4-8(6-12(10)19(21)22)18-15(20)14-7-9-11(17)2-1-3-13(9)23-14/h1-7H,(H,18,20). The number of nitro groups is 1. The van der Waals surface area contributed by atoms with E-state index in [1.54, 1.807) is 12.1 Å². The second-order valence-electron chi connectivity index (χ2n) is 4.64. The van der Waals surface area contributed by atoms with E-state index in [4.69, 9.17) is 11.6 Å². The molecular weight excluding hydrogens is 343 g/mol. The third-order valence-electron chi connectivity index (χ3n) is 3.13. The molecule has 0 aliphatic carbocycles. The van der Waals surface area contributed by atoms with Crippen LogP contribution in [0.25, 0.3) is 10.1 Å². The molecule has 1 aromatic heterocycles. The Morgan fingerprint density at radius 3 is 2.74 bits per heavy atom. The number of nitrogens with zero attached hydrogens (tertiary/aromatic N) is 1. The third-order valence-corrected chi connectivity index (χ3v) is 4.55. The van der Waals surface area contributed by atoms with Crippen molar-refractivity contribution in [1.82, 2.24) is 0 Å². The first-order chi connectivity index (χ1) is 11.0. The number of anilines is 1. The molecule has 0 aliphatic heterocycles. The number of nitro benzene ring substituents is 1. The molecule has 0 atom stereocenters. The molecule has 0 saturated carbocycles. The number of carbonyl (C=O) groups excluding carboxylic acids is 1. The Balaban J connectivity index is 1.90. The van der Waals surface area contributed by atoms with Crippen LogP contribution in [-0.2, 0) is 0 Å². The van der Waals surface area contributed by atoms with Crippen molar-refractivity contribution in [2.24, 2.45) is 0 Å². The van der Waals surface area contributed by atoms with Gasteiger partial charge in [-0.25, -0.2) is 4.39 Å². The van der Waals surface area contributed by atoms with Crippen molar-refractivity contribution in [3.63, 3.8) is 0 Å². The van der Waals surface area contributed by atoms with E-state index < -0.39 is 16.6 Å². The van der Waals surface area contributed by atoms with Gasteiger partial charge in [0.05, 0.1) is 9.80 Å². The minimum absolute atomic E-state index is 0.0167. The quantitative estimate of drug-likeness (QED) is 0.542. The molecule has 23 heavy (non-hydrogen) atoms. The summed E-state index contributed by atoms with van der Waals surface area (Å²) >= 11 is 6.86. The van der Waals surface area contributed by atoms with Crippen molar-refractivity contribution in [1.29, 1.82) is 0 Å². The normalized spacial score (nSPS) is 10.7. The van der Waals surface area contributed by atoms with Crippen LogP contribution in [0.1, 0.15) is 9.67 Å². The molecule has 0 radical (unpaired) electrons. The van der Waals surface area contributed by atoms with Crippen molar-refractivity contribution in [2.75, 3.05) is 5.32 Å². The van der Waals surface area contributed by atoms with Crippen molar-refractivity contribution in [2.45, 2.75) is 0 Å². The topological polar surface area (TPSA) is 72.2 Å². The molecule has 0 unspecified atom stereocenters. The summed E-state index contributed by atoms with van der Waals surface area (Å²) in [5.74, 6) is -0.873. The average molecular weight is 351 g/mol. The second kappa shape index (κ2) is 5.94. The molecule has 0 fully saturated rings. The van der Waals surface area contributed by atoms with Crippen LogP contribution in [0.3, 0.4) is 0 Å². The Morgan fingerprint density at radius 1 is 1.26 bits per heavy atom. The lowest BCUT2D eigenvalue weighted by Crippen LogP contribution is -2.10. The van der Waals surface area contributed by atoms with E-state index in [1.807, 2.05) is 0 Å². The fourth-order valence-electron chi connectivity index (χ4n) is 2.06. The lowest BCUT2D eigenvalue weighted by molar-refractivity contribution is -0.384. The van der Waals surface area contributed by atoms with E-state index >= 15 is 0 Å². The molecule has 0 aliphatic rings. The highest BCUT2D eigenvalue weighted by molar-refractivity contribution is 7.20. The van der Waals surface area contributed by atoms with Gasteiger partial charge in [-0.2, -0.15) is 0 Å². The molecule has 8 heteroatoms. The zero-order valence-corrected chi connectivity index (χ0v) is 13.0. The van der Waals surface area contributed by atoms with Crippen LogP contribution in [0.5, 0.6) is 0 Å². The number of nitrogens with one attached hydrogen (secondary N) is 1. The summed E-state index contributed by atoms with van der Waals surface area (Å²) < 4.78 is 14.3. The van der Waals surface area contributed by atoms with Gasteiger partial charge in [0, 0.05) is 21.8 Å². The third kappa shape index (κ3) is 3.01. The highest BCUT2D eigenvalue weighted by atomic mass is 35.5. The molecule has 3 rings (SSSR count). The predicted octanol–water partition coefficient (Wildman–Crippen LogP) is 4.85. The predicted molar refractivity (Wildman–Crippen MR) is 87.8 cm³/mol. The number of benzene rings is 2. The molecule has 5 nitrogen and oxygen atoms in total. The molecule has 0 spiro atoms. The fourth-order valence-corrected chi connectivity index (χ4v) is 3.22. The zero-order valence-electron chi connectivity index (χ0n) is 11.4. The number of thiophene rings is 1. The van der Waals surface area contributed by atoms with Crippen LogP contribution in [0.2, 0.25) is 5.02 Å². The lowest BCUT2D eigenvalue weighted by Gasteiger charge is -2.04. The number of carbonyl (C=O) groups is 1. The van der Waals surface area contributed by atoms with E-state index in [0.29, 0.717) is 15.0 Å². The Morgan fingerprint density at radius 2 is 2.04 bits per heavy atom. The van der Waals surface area contributed by atoms with Crippen LogP contribution >= 0.6 is 22.9 Å². The summed E-state index contributed by atoms with van der Waals surface area (Å²) in [6, 6.07) is 10.0. The summed E-state index contributed by atoms with van der Waals surface area (Å²) in [6.07, 6.45) is 0. The number of rotatable bonds is 3. The second-order valence-corrected chi connectivity index (χ2v) is 6.13. The van der Waals surface area contributed by atoms with E-state index in [1.165, 1.54) is 30.3 Å². The van der Waals surface area contributed by atoms with Gasteiger partial charge in [-0.1, -0.05) is 17.7 Å². The number of fused-ring (bicyclic) bond motifs is 1. The van der Waals surface area contributed by atoms with E-state index in [2.05, 4.69) is 5.32 Å². The van der Waals surface area contributed by atoms with Gasteiger partial charge < -0.3 is 5.32 Å². The monoisotopic (exact) mass is 350 g/mol. The van der Waals surface area contributed by atoms with E-state index in [9.17, 15) is 19.3 Å². The van der Waals surface area contributed by atoms with Crippen LogP contribution in [0.15, 0.2) is 42.5 Å². The van der Waals surface area contributed by atoms with Gasteiger partial charge in [0.2, 0.25) is 0 Å². The van der Waals surface area contributed by atoms with Gasteiger partial charge in [-0.3, -0.25) is 14.9 Å². The number of amides is 1. The van der Waals surface area contributed by atoms with Crippen LogP contribution in [-0.4, -0.2) is 10.8 Å². The van der Waals surface area contributed by atoms with E-state index in [0.717, 1.165) is 11.3 Å². The molecule has 3 aromatic rings. The fraction of sp³-hybridized carbons (Fsp3) is 0. The van der Waals surface area contributed by atoms with Crippen molar-refractivity contribution < 1.29 is 14.1 Å². The van der Waals surface area contributed by atoms with Gasteiger partial charge in [0.1, 0.15) is 10.8 Å². The number of halogens is 2. The maximum absolute atomic E-state index is 13.7. The molecule has 0 saturated heterocycles. The Labute approximate surface area is 138 Å². The van der Waals surface area contributed by atoms with Gasteiger partial charge in [-0.15, -0.1) is 11.3 Å². The van der Waals surface area contributed by atoms with Crippen LogP contribution in [0.4, 0.5) is 15.8 Å². The molecule has 1 amide bonds. The Kier molecular flexibility index (Phi) is 3.97. The van der Waals surface area contributed by atoms with Crippen molar-refractivity contribution in [3.8, 4) is 0 Å². The van der Waals surface area contributed by atoms with Gasteiger partial charge in [0.25, 0.3) is 11.6 Å². The van der Waals surface area contributed by atoms with Gasteiger partial charge in [0.15, 0.2) is 0 Å². The first-order valence-electron chi connectivity index (χ1n) is 6.39. The number of hydrogen-bond acceptors (Lipinski definition) is 4. The maximum atomic E-state index is 13.7. The van der Waals surface area contributed by atoms with Crippen molar-refractivity contribution >= 4 is 50.3 Å². The highest BCUT2D eigenvalue weighted by Gasteiger charge is 2.16. The van der Waals surface area contributed by atoms with Crippen LogP contribution in [0, 0.1) is 15.9 Å². The lowest BCUT2D eigenvalue weighted by atomic mass is 10.2. The summed E-state index contributed by atoms with van der Waals surface area (Å²) in [7, 11) is 0. The minimum atomic E-state index is -0.632. The summed E-state index contributed by atoms with van der Waals surface area (Å²) in [4.78, 5) is 22.8. The smallest absolute Gasteiger partial charge is 0.289 e. The van der Waals surface area contributed by atoms with Gasteiger partial charge >= 0.3 is 0 Å². The van der Waals surface area contributed by atoms with Gasteiger partial charge in [-0.05, 0) is 30.3 Å². The minimum Gasteiger partial charge on any atom is -0.321 e. The first-order valence-corrected chi connectivity index (χ1v) is 7.58. The summed E-state index contributed by atoms with van der Waals surface area (Å²) in [6.45, 7) is 0. The van der Waals surface area contributed by atoms with Crippen molar-refractivity contribution in [3.05, 3.63) is 68.3 Å². The molecule has 116 valence electrons. The molecule has 1 heterocycles. The van der Waals surface area contributed by atoms with Crippen LogP contribution < -0.4 is 5.32 Å². The Bertz CT molecular complexity index is 942. The first kappa shape index (κ1) is 15.4. The Hall–Kier alpha value is -2.51. The SMILES string of the molecule is O=C(Nc1ccc(Cl)c([N+](=O)[O-])c1)c1cc2c(F)cccc2s1. The molecule has 1 N–H and O–H groups in total. The molecule has 0 bridgehead atoms. The summed E-state index contributed by atoms with van der Waals surface area (Å²) in [5.41, 5.74) is -0.0594. The molecule has 2 aromatic carbocycles. The zero-order chi connectivity index (χ0) is 16.6. The largest absolute Gasteiger partial charge is 0.321 e. The van der Waals surface area contributed by atoms with E-state index in [-0.39, 0.29) is 16.4 Å². The summed E-state index contributed by atoms with van der Waals surface area (Å²) in [5, 5.41) is 13.7. The maximum Gasteiger partial charge on any atom is 0.289 e. The molecular formula is C15H8ClFN2O3S. The average Bonchev–Trinajstić information content (AvgIpc) is 2.94. The highest BCUT2D eigenvalue weighted by Crippen LogP contribution is 2.30.